The van der Waals surface area contributed by atoms with Gasteiger partial charge in [-0.2, -0.15) is 4.31 Å². The second-order valence-corrected chi connectivity index (χ2v) is 11.5. The maximum atomic E-state index is 14.3. The third-order valence-electron chi connectivity index (χ3n) is 6.41. The summed E-state index contributed by atoms with van der Waals surface area (Å²) in [7, 11) is -3.75. The van der Waals surface area contributed by atoms with Crippen LogP contribution in [0.5, 0.6) is 5.75 Å². The number of hydrogen-bond donors (Lipinski definition) is 3. The molecule has 0 spiro atoms. The molecule has 0 radical (unpaired) electrons. The zero-order chi connectivity index (χ0) is 27.0. The molecular weight excluding hydrogens is 497 g/mol. The molecule has 1 amide bonds. The van der Waals surface area contributed by atoms with E-state index in [0.717, 1.165) is 24.8 Å². The van der Waals surface area contributed by atoms with Gasteiger partial charge in [0.05, 0.1) is 23.6 Å². The van der Waals surface area contributed by atoms with Crippen LogP contribution in [0.4, 0.5) is 4.39 Å². The Kier molecular flexibility index (Phi) is 10.5. The first-order valence-electron chi connectivity index (χ1n) is 12.8. The van der Waals surface area contributed by atoms with Gasteiger partial charge in [-0.1, -0.05) is 31.9 Å². The van der Waals surface area contributed by atoms with Crippen molar-refractivity contribution in [3.63, 3.8) is 0 Å². The first kappa shape index (κ1) is 29.0. The number of aliphatic hydroxyl groups excluding tert-OH is 1. The molecule has 10 heteroatoms. The molecule has 1 saturated heterocycles. The topological polar surface area (TPSA) is 108 Å². The highest BCUT2D eigenvalue weighted by atomic mass is 32.2. The maximum Gasteiger partial charge on any atom is 0.243 e. The number of unbranched alkanes of at least 4 members (excludes halogenated alkanes) is 2. The highest BCUT2D eigenvalue weighted by Gasteiger charge is 2.36. The number of piperazine rings is 1. The summed E-state index contributed by atoms with van der Waals surface area (Å²) in [5.41, 5.74) is 1.39. The number of carbonyl (C=O) groups is 1. The molecule has 3 atom stereocenters. The van der Waals surface area contributed by atoms with E-state index in [1.165, 1.54) is 23.4 Å². The summed E-state index contributed by atoms with van der Waals surface area (Å²) < 4.78 is 47.9. The lowest BCUT2D eigenvalue weighted by molar-refractivity contribution is -0.120. The van der Waals surface area contributed by atoms with E-state index in [4.69, 9.17) is 4.74 Å². The third-order valence-corrected chi connectivity index (χ3v) is 8.27. The van der Waals surface area contributed by atoms with Crippen LogP contribution >= 0.6 is 0 Å². The van der Waals surface area contributed by atoms with Gasteiger partial charge in [0.2, 0.25) is 15.9 Å². The van der Waals surface area contributed by atoms with Gasteiger partial charge in [0, 0.05) is 38.7 Å². The summed E-state index contributed by atoms with van der Waals surface area (Å²) in [6.07, 6.45) is 1.95. The van der Waals surface area contributed by atoms with E-state index in [0.29, 0.717) is 24.5 Å². The number of benzene rings is 2. The molecule has 3 rings (SSSR count). The minimum Gasteiger partial charge on any atom is -0.493 e. The standard InChI is InChI=1S/C27H38FN3O5S/c1-4-5-6-12-36-23-15-21(14-22(28)17-23)16-25(30-20(3)32)27(33)26-18-31(11-10-29-26)37(34,35)24-9-7-8-19(2)13-24/h7-9,13-15,17,25-27,29,33H,4-6,10-12,16,18H2,1-3H3,(H,30,32)/t25-,26+,27-/m0/s1. The van der Waals surface area contributed by atoms with E-state index in [1.807, 2.05) is 13.0 Å². The number of hydrogen-bond acceptors (Lipinski definition) is 6. The normalized spacial score (nSPS) is 18.2. The fourth-order valence-electron chi connectivity index (χ4n) is 4.54. The Hall–Kier alpha value is -2.53. The van der Waals surface area contributed by atoms with E-state index >= 15 is 0 Å². The zero-order valence-electron chi connectivity index (χ0n) is 21.7. The van der Waals surface area contributed by atoms with Crippen molar-refractivity contribution in [3.8, 4) is 5.75 Å². The van der Waals surface area contributed by atoms with Gasteiger partial charge in [-0.3, -0.25) is 4.79 Å². The molecule has 1 aliphatic rings. The van der Waals surface area contributed by atoms with E-state index in [9.17, 15) is 22.7 Å². The van der Waals surface area contributed by atoms with Crippen molar-refractivity contribution in [3.05, 3.63) is 59.4 Å². The number of aliphatic hydroxyl groups is 1. The molecule has 8 nitrogen and oxygen atoms in total. The van der Waals surface area contributed by atoms with Gasteiger partial charge in [0.25, 0.3) is 0 Å². The van der Waals surface area contributed by atoms with Gasteiger partial charge < -0.3 is 20.5 Å². The number of aryl methyl sites for hydroxylation is 1. The molecule has 0 aliphatic carbocycles. The second-order valence-electron chi connectivity index (χ2n) is 9.59. The van der Waals surface area contributed by atoms with Crippen molar-refractivity contribution in [2.24, 2.45) is 0 Å². The first-order chi connectivity index (χ1) is 17.6. The quantitative estimate of drug-likeness (QED) is 0.361. The fourth-order valence-corrected chi connectivity index (χ4v) is 6.11. The van der Waals surface area contributed by atoms with Crippen LogP contribution < -0.4 is 15.4 Å². The van der Waals surface area contributed by atoms with Crippen LogP contribution in [-0.4, -0.2) is 68.2 Å². The van der Waals surface area contributed by atoms with Crippen molar-refractivity contribution in [2.45, 2.75) is 69.5 Å². The molecule has 0 saturated carbocycles. The Morgan fingerprint density at radius 1 is 1.27 bits per heavy atom. The van der Waals surface area contributed by atoms with E-state index in [1.54, 1.807) is 24.3 Å². The average molecular weight is 536 g/mol. The Morgan fingerprint density at radius 2 is 2.05 bits per heavy atom. The number of amides is 1. The molecule has 3 N–H and O–H groups in total. The van der Waals surface area contributed by atoms with Crippen LogP contribution in [0.1, 0.15) is 44.2 Å². The van der Waals surface area contributed by atoms with Gasteiger partial charge in [-0.05, 0) is 55.2 Å². The van der Waals surface area contributed by atoms with Gasteiger partial charge in [-0.15, -0.1) is 0 Å². The van der Waals surface area contributed by atoms with Crippen molar-refractivity contribution < 1.29 is 27.4 Å². The molecule has 204 valence electrons. The molecular formula is C27H38FN3O5S. The first-order valence-corrected chi connectivity index (χ1v) is 14.2. The van der Waals surface area contributed by atoms with Crippen LogP contribution in [0, 0.1) is 12.7 Å². The lowest BCUT2D eigenvalue weighted by Gasteiger charge is -2.38. The molecule has 1 fully saturated rings. The van der Waals surface area contributed by atoms with Crippen LogP contribution in [0.3, 0.4) is 0 Å². The number of halogens is 1. The maximum absolute atomic E-state index is 14.3. The van der Waals surface area contributed by atoms with Gasteiger partial charge in [0.1, 0.15) is 11.6 Å². The molecule has 0 unspecified atom stereocenters. The summed E-state index contributed by atoms with van der Waals surface area (Å²) in [4.78, 5) is 12.2. The van der Waals surface area contributed by atoms with Crippen LogP contribution in [0.2, 0.25) is 0 Å². The van der Waals surface area contributed by atoms with Crippen molar-refractivity contribution in [1.29, 1.82) is 0 Å². The number of sulfonamides is 1. The Balaban J connectivity index is 1.75. The number of nitrogens with zero attached hydrogens (tertiary/aromatic N) is 1. The molecule has 2 aromatic carbocycles. The van der Waals surface area contributed by atoms with Gasteiger partial charge >= 0.3 is 0 Å². The third kappa shape index (κ3) is 8.23. The molecule has 1 heterocycles. The average Bonchev–Trinajstić information content (AvgIpc) is 2.85. The Bertz CT molecular complexity index is 1160. The predicted octanol–water partition coefficient (Wildman–Crippen LogP) is 2.77. The lowest BCUT2D eigenvalue weighted by Crippen LogP contribution is -2.61. The number of ether oxygens (including phenoxy) is 1. The SMILES string of the molecule is CCCCCOc1cc(F)cc(C[C@H](NC(C)=O)[C@H](O)[C@H]2CN(S(=O)(=O)c3cccc(C)c3)CCN2)c1. The van der Waals surface area contributed by atoms with Crippen molar-refractivity contribution >= 4 is 15.9 Å². The van der Waals surface area contributed by atoms with E-state index in [2.05, 4.69) is 17.6 Å². The number of rotatable bonds is 12. The Labute approximate surface area is 219 Å². The van der Waals surface area contributed by atoms with Crippen LogP contribution in [0.25, 0.3) is 0 Å². The van der Waals surface area contributed by atoms with Crippen LogP contribution in [-0.2, 0) is 21.2 Å². The van der Waals surface area contributed by atoms with Crippen LogP contribution in [0.15, 0.2) is 47.4 Å². The monoisotopic (exact) mass is 535 g/mol. The highest BCUT2D eigenvalue weighted by molar-refractivity contribution is 7.89. The molecule has 1 aliphatic heterocycles. The molecule has 2 aromatic rings. The second kappa shape index (κ2) is 13.3. The predicted molar refractivity (Wildman–Crippen MR) is 140 cm³/mol. The summed E-state index contributed by atoms with van der Waals surface area (Å²) >= 11 is 0. The highest BCUT2D eigenvalue weighted by Crippen LogP contribution is 2.22. The van der Waals surface area contributed by atoms with E-state index < -0.39 is 34.0 Å². The lowest BCUT2D eigenvalue weighted by atomic mass is 9.95. The molecule has 0 aromatic heterocycles. The minimum atomic E-state index is -3.75. The molecule has 0 bridgehead atoms. The van der Waals surface area contributed by atoms with Crippen molar-refractivity contribution in [1.82, 2.24) is 14.9 Å². The summed E-state index contributed by atoms with van der Waals surface area (Å²) in [6, 6.07) is 9.67. The van der Waals surface area contributed by atoms with Gasteiger partial charge in [-0.25, -0.2) is 12.8 Å². The van der Waals surface area contributed by atoms with E-state index in [-0.39, 0.29) is 30.3 Å². The summed E-state index contributed by atoms with van der Waals surface area (Å²) in [5, 5.41) is 17.2. The Morgan fingerprint density at radius 3 is 2.76 bits per heavy atom. The van der Waals surface area contributed by atoms with Crippen molar-refractivity contribution in [2.75, 3.05) is 26.2 Å². The number of nitrogens with one attached hydrogen (secondary N) is 2. The largest absolute Gasteiger partial charge is 0.493 e. The molecule has 37 heavy (non-hydrogen) atoms. The summed E-state index contributed by atoms with van der Waals surface area (Å²) in [6.45, 7) is 6.37. The fraction of sp³-hybridized carbons (Fsp3) is 0.519. The minimum absolute atomic E-state index is 0.0302. The zero-order valence-corrected chi connectivity index (χ0v) is 22.6. The summed E-state index contributed by atoms with van der Waals surface area (Å²) in [5.74, 6) is -0.421. The smallest absolute Gasteiger partial charge is 0.243 e. The van der Waals surface area contributed by atoms with Gasteiger partial charge in [0.15, 0.2) is 0 Å². The number of carbonyl (C=O) groups excluding carboxylic acids is 1.